The van der Waals surface area contributed by atoms with Crippen molar-refractivity contribution in [2.24, 2.45) is 16.7 Å². The van der Waals surface area contributed by atoms with Gasteiger partial charge in [0.15, 0.2) is 0 Å². The van der Waals surface area contributed by atoms with Gasteiger partial charge in [-0.15, -0.1) is 0 Å². The van der Waals surface area contributed by atoms with Crippen molar-refractivity contribution in [2.45, 2.75) is 52.2 Å². The summed E-state index contributed by atoms with van der Waals surface area (Å²) < 4.78 is 6.23. The number of fused-ring (bicyclic) bond motifs is 1. The molecule has 4 atom stereocenters. The lowest BCUT2D eigenvalue weighted by atomic mass is 9.49. The van der Waals surface area contributed by atoms with Crippen molar-refractivity contribution in [3.63, 3.8) is 0 Å². The van der Waals surface area contributed by atoms with E-state index in [-0.39, 0.29) is 22.5 Å². The zero-order valence-electron chi connectivity index (χ0n) is 10.5. The van der Waals surface area contributed by atoms with E-state index in [1.54, 1.807) is 0 Å². The van der Waals surface area contributed by atoms with Gasteiger partial charge in [0, 0.05) is 12.3 Å². The quantitative estimate of drug-likeness (QED) is 0.587. The van der Waals surface area contributed by atoms with Crippen LogP contribution < -0.4 is 0 Å². The fourth-order valence-electron chi connectivity index (χ4n) is 4.18. The van der Waals surface area contributed by atoms with Gasteiger partial charge in [-0.2, -0.15) is 0 Å². The molecule has 2 bridgehead atoms. The lowest BCUT2D eigenvalue weighted by molar-refractivity contribution is -0.161. The Hall–Kier alpha value is -0.630. The van der Waals surface area contributed by atoms with Gasteiger partial charge in [-0.3, -0.25) is 4.79 Å². The summed E-state index contributed by atoms with van der Waals surface area (Å²) in [6.07, 6.45) is 6.12. The van der Waals surface area contributed by atoms with Gasteiger partial charge in [0.1, 0.15) is 11.4 Å². The first-order valence-electron chi connectivity index (χ1n) is 6.26. The molecule has 0 amide bonds. The molecule has 0 unspecified atom stereocenters. The van der Waals surface area contributed by atoms with Gasteiger partial charge in [0.2, 0.25) is 0 Å². The van der Waals surface area contributed by atoms with Crippen molar-refractivity contribution in [3.05, 3.63) is 12.2 Å². The zero-order valence-corrected chi connectivity index (χ0v) is 10.5. The second-order valence-corrected chi connectivity index (χ2v) is 6.48. The van der Waals surface area contributed by atoms with Crippen LogP contribution in [-0.2, 0) is 9.53 Å². The summed E-state index contributed by atoms with van der Waals surface area (Å²) in [6.45, 7) is 8.75. The maximum Gasteiger partial charge on any atom is 0.142 e. The van der Waals surface area contributed by atoms with Crippen LogP contribution in [0.5, 0.6) is 0 Å². The average Bonchev–Trinajstić information content (AvgIpc) is 2.75. The number of ether oxygens (including phenoxy) is 1. The van der Waals surface area contributed by atoms with Crippen molar-refractivity contribution in [2.75, 3.05) is 0 Å². The molecule has 1 spiro atoms. The Bertz CT molecular complexity index is 396. The number of hydrogen-bond acceptors (Lipinski definition) is 2. The molecule has 1 saturated carbocycles. The minimum absolute atomic E-state index is 0.0612. The van der Waals surface area contributed by atoms with Crippen LogP contribution in [0, 0.1) is 16.7 Å². The summed E-state index contributed by atoms with van der Waals surface area (Å²) in [4.78, 5) is 12.4. The highest BCUT2D eigenvalue weighted by Crippen LogP contribution is 2.66. The fourth-order valence-corrected chi connectivity index (χ4v) is 4.18. The number of rotatable bonds is 0. The normalized spacial score (nSPS) is 53.1. The average molecular weight is 220 g/mol. The molecule has 0 aromatic carbocycles. The standard InChI is InChI=1S/C14H20O2/c1-9-10-5-8-14(16-10)12(2,3)7-6-11(15)13(9,14)4/h5,8-10H,6-7H2,1-4H3/t9-,10+,13-,14+/m1/s1. The van der Waals surface area contributed by atoms with Crippen molar-refractivity contribution < 1.29 is 9.53 Å². The second kappa shape index (κ2) is 2.61. The van der Waals surface area contributed by atoms with E-state index in [4.69, 9.17) is 4.74 Å². The molecule has 2 nitrogen and oxygen atoms in total. The van der Waals surface area contributed by atoms with Gasteiger partial charge >= 0.3 is 0 Å². The van der Waals surface area contributed by atoms with E-state index in [1.807, 2.05) is 0 Å². The molecule has 3 rings (SSSR count). The van der Waals surface area contributed by atoms with E-state index in [0.717, 1.165) is 6.42 Å². The minimum atomic E-state index is -0.348. The molecule has 0 N–H and O–H groups in total. The predicted molar refractivity (Wildman–Crippen MR) is 62.0 cm³/mol. The van der Waals surface area contributed by atoms with Gasteiger partial charge < -0.3 is 4.74 Å². The molecular weight excluding hydrogens is 200 g/mol. The Balaban J connectivity index is 2.23. The summed E-state index contributed by atoms with van der Waals surface area (Å²) in [5.74, 6) is 0.704. The lowest BCUT2D eigenvalue weighted by Gasteiger charge is -2.54. The Morgan fingerprint density at radius 1 is 1.38 bits per heavy atom. The van der Waals surface area contributed by atoms with Crippen LogP contribution >= 0.6 is 0 Å². The van der Waals surface area contributed by atoms with Crippen LogP contribution in [-0.4, -0.2) is 17.5 Å². The zero-order chi connectivity index (χ0) is 11.8. The molecule has 0 aromatic heterocycles. The maximum absolute atomic E-state index is 12.4. The largest absolute Gasteiger partial charge is 0.362 e. The summed E-state index contributed by atoms with van der Waals surface area (Å²) in [7, 11) is 0. The van der Waals surface area contributed by atoms with Gasteiger partial charge in [-0.1, -0.05) is 32.9 Å². The summed E-state index contributed by atoms with van der Waals surface area (Å²) in [5.41, 5.74) is -0.598. The first-order valence-corrected chi connectivity index (χ1v) is 6.26. The molecule has 2 heteroatoms. The van der Waals surface area contributed by atoms with Crippen LogP contribution in [0.25, 0.3) is 0 Å². The van der Waals surface area contributed by atoms with E-state index in [1.165, 1.54) is 0 Å². The number of ketones is 1. The monoisotopic (exact) mass is 220 g/mol. The number of carbonyl (C=O) groups is 1. The first-order chi connectivity index (χ1) is 7.35. The van der Waals surface area contributed by atoms with Crippen LogP contribution in [0.1, 0.15) is 40.5 Å². The van der Waals surface area contributed by atoms with Crippen molar-refractivity contribution in [1.29, 1.82) is 0 Å². The number of carbonyl (C=O) groups excluding carboxylic acids is 1. The number of hydrogen-bond donors (Lipinski definition) is 0. The van der Waals surface area contributed by atoms with E-state index in [9.17, 15) is 4.79 Å². The summed E-state index contributed by atoms with van der Waals surface area (Å²) in [5, 5.41) is 0. The molecule has 2 heterocycles. The van der Waals surface area contributed by atoms with Crippen LogP contribution in [0.15, 0.2) is 12.2 Å². The second-order valence-electron chi connectivity index (χ2n) is 6.48. The molecule has 2 aliphatic heterocycles. The van der Waals surface area contributed by atoms with Crippen LogP contribution in [0.3, 0.4) is 0 Å². The Morgan fingerprint density at radius 3 is 2.69 bits per heavy atom. The fraction of sp³-hybridized carbons (Fsp3) is 0.786. The number of Topliss-reactive ketones (excluding diaryl/α,β-unsaturated/α-hetero) is 1. The van der Waals surface area contributed by atoms with E-state index in [0.29, 0.717) is 18.1 Å². The molecule has 1 aliphatic carbocycles. The van der Waals surface area contributed by atoms with Crippen molar-refractivity contribution >= 4 is 5.78 Å². The topological polar surface area (TPSA) is 26.3 Å². The molecule has 3 aliphatic rings. The highest BCUT2D eigenvalue weighted by molar-refractivity contribution is 5.89. The summed E-state index contributed by atoms with van der Waals surface area (Å²) >= 11 is 0. The van der Waals surface area contributed by atoms with Gasteiger partial charge in [0.05, 0.1) is 11.5 Å². The molecule has 0 aromatic rings. The smallest absolute Gasteiger partial charge is 0.142 e. The SMILES string of the molecule is C[C@@H]1[C@@H]2C=C[C@]3(O2)C(C)(C)CCC(=O)[C@@]13C. The Morgan fingerprint density at radius 2 is 2.06 bits per heavy atom. The Kier molecular flexibility index (Phi) is 1.72. The van der Waals surface area contributed by atoms with Gasteiger partial charge in [-0.25, -0.2) is 0 Å². The van der Waals surface area contributed by atoms with Gasteiger partial charge in [-0.05, 0) is 18.8 Å². The molecule has 1 saturated heterocycles. The van der Waals surface area contributed by atoms with E-state index >= 15 is 0 Å². The van der Waals surface area contributed by atoms with Crippen molar-refractivity contribution in [3.8, 4) is 0 Å². The highest BCUT2D eigenvalue weighted by Gasteiger charge is 2.72. The molecule has 88 valence electrons. The molecule has 2 fully saturated rings. The third kappa shape index (κ3) is 0.806. The Labute approximate surface area is 97.1 Å². The predicted octanol–water partition coefficient (Wildman–Crippen LogP) is 2.73. The molecule has 0 radical (unpaired) electrons. The molecule has 16 heavy (non-hydrogen) atoms. The van der Waals surface area contributed by atoms with Crippen LogP contribution in [0.2, 0.25) is 0 Å². The third-order valence-corrected chi connectivity index (χ3v) is 5.58. The van der Waals surface area contributed by atoms with E-state index < -0.39 is 0 Å². The van der Waals surface area contributed by atoms with Gasteiger partial charge in [0.25, 0.3) is 0 Å². The third-order valence-electron chi connectivity index (χ3n) is 5.58. The maximum atomic E-state index is 12.4. The van der Waals surface area contributed by atoms with E-state index in [2.05, 4.69) is 39.8 Å². The van der Waals surface area contributed by atoms with Crippen molar-refractivity contribution in [1.82, 2.24) is 0 Å². The minimum Gasteiger partial charge on any atom is -0.362 e. The highest BCUT2D eigenvalue weighted by atomic mass is 16.5. The first kappa shape index (κ1) is 10.5. The molecular formula is C14H20O2. The lowest BCUT2D eigenvalue weighted by Crippen LogP contribution is -2.61. The van der Waals surface area contributed by atoms with Crippen LogP contribution in [0.4, 0.5) is 0 Å². The summed E-state index contributed by atoms with van der Waals surface area (Å²) in [6, 6.07) is 0.